The van der Waals surface area contributed by atoms with Crippen LogP contribution >= 0.6 is 0 Å². The molecule has 0 aliphatic rings. The van der Waals surface area contributed by atoms with Crippen LogP contribution in [-0.2, 0) is 4.74 Å². The zero-order chi connectivity index (χ0) is 11.3. The lowest BCUT2D eigenvalue weighted by Gasteiger charge is -2.23. The highest BCUT2D eigenvalue weighted by molar-refractivity contribution is 5.35. The molecule has 3 nitrogen and oxygen atoms in total. The van der Waals surface area contributed by atoms with Crippen molar-refractivity contribution >= 4 is 0 Å². The van der Waals surface area contributed by atoms with Gasteiger partial charge in [0.2, 0.25) is 0 Å². The molecule has 3 heteroatoms. The maximum absolute atomic E-state index is 6.00. The Hall–Kier alpha value is -1.06. The molecule has 0 amide bonds. The van der Waals surface area contributed by atoms with E-state index in [-0.39, 0.29) is 12.1 Å². The second-order valence-corrected chi connectivity index (χ2v) is 3.47. The van der Waals surface area contributed by atoms with Crippen LogP contribution in [0.25, 0.3) is 0 Å². The number of hydrogen-bond donors (Lipinski definition) is 1. The molecule has 0 radical (unpaired) electrons. The number of methoxy groups -OCH3 is 2. The lowest BCUT2D eigenvalue weighted by molar-refractivity contribution is 0.0769. The van der Waals surface area contributed by atoms with Gasteiger partial charge in [0.25, 0.3) is 0 Å². The zero-order valence-electron chi connectivity index (χ0n) is 9.57. The summed E-state index contributed by atoms with van der Waals surface area (Å²) in [6.07, 6.45) is 0.766. The Labute approximate surface area is 91.2 Å². The molecule has 2 atom stereocenters. The first-order chi connectivity index (χ1) is 7.24. The van der Waals surface area contributed by atoms with E-state index in [1.165, 1.54) is 0 Å². The summed E-state index contributed by atoms with van der Waals surface area (Å²) in [5, 5.41) is 0. The van der Waals surface area contributed by atoms with Crippen LogP contribution in [0.3, 0.4) is 0 Å². The molecule has 0 saturated carbocycles. The summed E-state index contributed by atoms with van der Waals surface area (Å²) < 4.78 is 10.7. The van der Waals surface area contributed by atoms with Gasteiger partial charge < -0.3 is 15.2 Å². The molecule has 84 valence electrons. The maximum atomic E-state index is 6.00. The van der Waals surface area contributed by atoms with Gasteiger partial charge >= 0.3 is 0 Å². The minimum Gasteiger partial charge on any atom is -0.496 e. The Morgan fingerprint density at radius 2 is 1.93 bits per heavy atom. The van der Waals surface area contributed by atoms with Crippen LogP contribution in [0.5, 0.6) is 5.75 Å². The fourth-order valence-electron chi connectivity index (χ4n) is 1.65. The number of nitrogens with two attached hydrogens (primary N) is 1. The molecular formula is C12H19NO2. The van der Waals surface area contributed by atoms with E-state index in [1.54, 1.807) is 14.2 Å². The van der Waals surface area contributed by atoms with E-state index < -0.39 is 0 Å². The van der Waals surface area contributed by atoms with Crippen molar-refractivity contribution in [2.45, 2.75) is 25.5 Å². The molecule has 0 heterocycles. The summed E-state index contributed by atoms with van der Waals surface area (Å²) >= 11 is 0. The summed E-state index contributed by atoms with van der Waals surface area (Å²) in [5.41, 5.74) is 7.01. The van der Waals surface area contributed by atoms with Crippen molar-refractivity contribution in [3.63, 3.8) is 0 Å². The summed E-state index contributed by atoms with van der Waals surface area (Å²) in [4.78, 5) is 0. The highest BCUT2D eigenvalue weighted by atomic mass is 16.5. The van der Waals surface area contributed by atoms with E-state index in [9.17, 15) is 0 Å². The fraction of sp³-hybridized carbons (Fsp3) is 0.500. The molecule has 2 N–H and O–H groups in total. The third-order valence-electron chi connectivity index (χ3n) is 2.56. The second kappa shape index (κ2) is 5.73. The first-order valence-corrected chi connectivity index (χ1v) is 5.15. The maximum Gasteiger partial charge on any atom is 0.124 e. The Kier molecular flexibility index (Phi) is 4.59. The minimum absolute atomic E-state index is 0.00806. The summed E-state index contributed by atoms with van der Waals surface area (Å²) in [6, 6.07) is 7.80. The molecule has 1 rings (SSSR count). The molecule has 0 spiro atoms. The third-order valence-corrected chi connectivity index (χ3v) is 2.56. The number of para-hydroxylation sites is 1. The predicted octanol–water partition coefficient (Wildman–Crippen LogP) is 2.12. The van der Waals surface area contributed by atoms with Crippen molar-refractivity contribution in [2.75, 3.05) is 14.2 Å². The molecule has 15 heavy (non-hydrogen) atoms. The van der Waals surface area contributed by atoms with E-state index in [2.05, 4.69) is 0 Å². The molecule has 0 aliphatic heterocycles. The van der Waals surface area contributed by atoms with Gasteiger partial charge in [0.05, 0.1) is 7.11 Å². The van der Waals surface area contributed by atoms with Crippen LogP contribution in [0.15, 0.2) is 24.3 Å². The van der Waals surface area contributed by atoms with Gasteiger partial charge in [-0.15, -0.1) is 0 Å². The van der Waals surface area contributed by atoms with Crippen molar-refractivity contribution < 1.29 is 9.47 Å². The summed E-state index contributed by atoms with van der Waals surface area (Å²) in [7, 11) is 3.33. The van der Waals surface area contributed by atoms with Crippen LogP contribution in [-0.4, -0.2) is 20.3 Å². The second-order valence-electron chi connectivity index (χ2n) is 3.47. The largest absolute Gasteiger partial charge is 0.496 e. The molecule has 0 saturated heterocycles. The van der Waals surface area contributed by atoms with Gasteiger partial charge in [0.15, 0.2) is 0 Å². The molecule has 0 fully saturated rings. The minimum atomic E-state index is -0.105. The highest BCUT2D eigenvalue weighted by Gasteiger charge is 2.20. The molecule has 1 aromatic carbocycles. The zero-order valence-corrected chi connectivity index (χ0v) is 9.57. The first kappa shape index (κ1) is 12.0. The van der Waals surface area contributed by atoms with E-state index in [0.717, 1.165) is 17.7 Å². The van der Waals surface area contributed by atoms with Crippen LogP contribution < -0.4 is 10.5 Å². The summed E-state index contributed by atoms with van der Waals surface area (Å²) in [5.74, 6) is 0.827. The lowest BCUT2D eigenvalue weighted by atomic mass is 10.00. The first-order valence-electron chi connectivity index (χ1n) is 5.15. The fourth-order valence-corrected chi connectivity index (χ4v) is 1.65. The lowest BCUT2D eigenvalue weighted by Crippen LogP contribution is -2.29. The number of benzene rings is 1. The summed E-state index contributed by atoms with van der Waals surface area (Å²) in [6.45, 7) is 2.05. The van der Waals surface area contributed by atoms with Gasteiger partial charge in [-0.3, -0.25) is 0 Å². The molecular weight excluding hydrogens is 190 g/mol. The quantitative estimate of drug-likeness (QED) is 0.807. The average Bonchev–Trinajstić information content (AvgIpc) is 2.30. The smallest absolute Gasteiger partial charge is 0.124 e. The standard InChI is InChI=1S/C12H19NO2/c1-4-10(13)12(15-3)9-7-5-6-8-11(9)14-2/h5-8,10,12H,4,13H2,1-3H3. The Balaban J connectivity index is 3.00. The van der Waals surface area contributed by atoms with Crippen LogP contribution in [0.2, 0.25) is 0 Å². The topological polar surface area (TPSA) is 44.5 Å². The van der Waals surface area contributed by atoms with Crippen molar-refractivity contribution in [3.8, 4) is 5.75 Å². The van der Waals surface area contributed by atoms with Gasteiger partial charge in [0, 0.05) is 18.7 Å². The average molecular weight is 209 g/mol. The normalized spacial score (nSPS) is 14.7. The SMILES string of the molecule is CCC(N)C(OC)c1ccccc1OC. The van der Waals surface area contributed by atoms with Gasteiger partial charge in [-0.2, -0.15) is 0 Å². The molecule has 1 aromatic rings. The Morgan fingerprint density at radius 3 is 2.47 bits per heavy atom. The van der Waals surface area contributed by atoms with Crippen LogP contribution in [0, 0.1) is 0 Å². The van der Waals surface area contributed by atoms with E-state index in [1.807, 2.05) is 31.2 Å². The Bertz CT molecular complexity index is 301. The van der Waals surface area contributed by atoms with E-state index >= 15 is 0 Å². The number of rotatable bonds is 5. The molecule has 0 bridgehead atoms. The van der Waals surface area contributed by atoms with Crippen molar-refractivity contribution in [1.29, 1.82) is 0 Å². The van der Waals surface area contributed by atoms with Crippen molar-refractivity contribution in [3.05, 3.63) is 29.8 Å². The van der Waals surface area contributed by atoms with Crippen LogP contribution in [0.1, 0.15) is 25.0 Å². The van der Waals surface area contributed by atoms with Crippen molar-refractivity contribution in [2.24, 2.45) is 5.73 Å². The number of ether oxygens (including phenoxy) is 2. The van der Waals surface area contributed by atoms with E-state index in [0.29, 0.717) is 0 Å². The van der Waals surface area contributed by atoms with Crippen molar-refractivity contribution in [1.82, 2.24) is 0 Å². The van der Waals surface area contributed by atoms with Gasteiger partial charge in [-0.25, -0.2) is 0 Å². The molecule has 0 aliphatic carbocycles. The molecule has 0 aromatic heterocycles. The van der Waals surface area contributed by atoms with Gasteiger partial charge in [-0.05, 0) is 12.5 Å². The van der Waals surface area contributed by atoms with E-state index in [4.69, 9.17) is 15.2 Å². The van der Waals surface area contributed by atoms with Gasteiger partial charge in [0.1, 0.15) is 11.9 Å². The van der Waals surface area contributed by atoms with Gasteiger partial charge in [-0.1, -0.05) is 25.1 Å². The predicted molar refractivity (Wildman–Crippen MR) is 61.0 cm³/mol. The highest BCUT2D eigenvalue weighted by Crippen LogP contribution is 2.29. The third kappa shape index (κ3) is 2.70. The van der Waals surface area contributed by atoms with Crippen LogP contribution in [0.4, 0.5) is 0 Å². The Morgan fingerprint density at radius 1 is 1.27 bits per heavy atom. The number of hydrogen-bond acceptors (Lipinski definition) is 3. The monoisotopic (exact) mass is 209 g/mol. The molecule has 2 unspecified atom stereocenters.